The van der Waals surface area contributed by atoms with Crippen LogP contribution in [0.4, 0.5) is 0 Å². The molecule has 6 heteroatoms. The lowest BCUT2D eigenvalue weighted by molar-refractivity contribution is -0.137. The topological polar surface area (TPSA) is 92.4 Å². The standard InChI is InChI=1S/C18H20N2O4/c21-17(22)9-8-14(10-12-4-2-1-3-5-12)19-18(23)15-11-16(24-20-15)13-6-7-13/h1-5,11,13-14H,6-10H2,(H,19,23)(H,21,22). The van der Waals surface area contributed by atoms with Crippen LogP contribution < -0.4 is 5.32 Å². The second-order valence-electron chi connectivity index (χ2n) is 6.18. The molecule has 3 rings (SSSR count). The van der Waals surface area contributed by atoms with Gasteiger partial charge in [-0.15, -0.1) is 0 Å². The van der Waals surface area contributed by atoms with Gasteiger partial charge in [0.05, 0.1) is 0 Å². The van der Waals surface area contributed by atoms with Crippen molar-refractivity contribution in [2.75, 3.05) is 0 Å². The van der Waals surface area contributed by atoms with Gasteiger partial charge >= 0.3 is 5.97 Å². The minimum absolute atomic E-state index is 0.00389. The molecule has 2 aromatic rings. The zero-order chi connectivity index (χ0) is 16.9. The van der Waals surface area contributed by atoms with Crippen molar-refractivity contribution < 1.29 is 19.2 Å². The highest BCUT2D eigenvalue weighted by atomic mass is 16.5. The van der Waals surface area contributed by atoms with Crippen LogP contribution in [0, 0.1) is 0 Å². The summed E-state index contributed by atoms with van der Waals surface area (Å²) in [6.45, 7) is 0. The first-order valence-electron chi connectivity index (χ1n) is 8.15. The summed E-state index contributed by atoms with van der Waals surface area (Å²) in [4.78, 5) is 23.2. The van der Waals surface area contributed by atoms with Crippen LogP contribution >= 0.6 is 0 Å². The Morgan fingerprint density at radius 2 is 2.04 bits per heavy atom. The molecule has 1 aliphatic rings. The van der Waals surface area contributed by atoms with Crippen molar-refractivity contribution in [2.24, 2.45) is 0 Å². The van der Waals surface area contributed by atoms with E-state index >= 15 is 0 Å². The summed E-state index contributed by atoms with van der Waals surface area (Å²) in [5.74, 6) is -0.0480. The van der Waals surface area contributed by atoms with Crippen molar-refractivity contribution in [2.45, 2.75) is 44.1 Å². The van der Waals surface area contributed by atoms with Gasteiger partial charge in [0.25, 0.3) is 5.91 Å². The van der Waals surface area contributed by atoms with Crippen molar-refractivity contribution in [3.8, 4) is 0 Å². The van der Waals surface area contributed by atoms with Gasteiger partial charge in [-0.05, 0) is 31.2 Å². The summed E-state index contributed by atoms with van der Waals surface area (Å²) < 4.78 is 5.20. The van der Waals surface area contributed by atoms with E-state index in [1.807, 2.05) is 30.3 Å². The van der Waals surface area contributed by atoms with E-state index in [4.69, 9.17) is 9.63 Å². The molecule has 1 saturated carbocycles. The van der Waals surface area contributed by atoms with Crippen molar-refractivity contribution in [3.63, 3.8) is 0 Å². The molecule has 6 nitrogen and oxygen atoms in total. The monoisotopic (exact) mass is 328 g/mol. The van der Waals surface area contributed by atoms with Gasteiger partial charge in [0.1, 0.15) is 5.76 Å². The normalized spacial score (nSPS) is 15.0. The highest BCUT2D eigenvalue weighted by Gasteiger charge is 2.29. The highest BCUT2D eigenvalue weighted by molar-refractivity contribution is 5.92. The second-order valence-corrected chi connectivity index (χ2v) is 6.18. The van der Waals surface area contributed by atoms with E-state index < -0.39 is 5.97 Å². The quantitative estimate of drug-likeness (QED) is 0.777. The molecule has 1 atom stereocenters. The van der Waals surface area contributed by atoms with E-state index in [0.717, 1.165) is 24.2 Å². The molecule has 1 aliphatic carbocycles. The molecule has 1 unspecified atom stereocenters. The van der Waals surface area contributed by atoms with Crippen LogP contribution in [0.2, 0.25) is 0 Å². The maximum absolute atomic E-state index is 12.4. The lowest BCUT2D eigenvalue weighted by Gasteiger charge is -2.17. The van der Waals surface area contributed by atoms with E-state index in [-0.39, 0.29) is 24.1 Å². The average Bonchev–Trinajstić information content (AvgIpc) is 3.30. The number of carbonyl (C=O) groups is 2. The molecule has 1 fully saturated rings. The molecule has 0 saturated heterocycles. The summed E-state index contributed by atoms with van der Waals surface area (Å²) in [5.41, 5.74) is 1.30. The first-order valence-corrected chi connectivity index (χ1v) is 8.15. The summed E-state index contributed by atoms with van der Waals surface area (Å²) in [6, 6.07) is 11.1. The molecule has 2 N–H and O–H groups in total. The van der Waals surface area contributed by atoms with Crippen molar-refractivity contribution >= 4 is 11.9 Å². The summed E-state index contributed by atoms with van der Waals surface area (Å²) in [5, 5.41) is 15.6. The van der Waals surface area contributed by atoms with Crippen LogP contribution in [0.3, 0.4) is 0 Å². The minimum Gasteiger partial charge on any atom is -0.481 e. The van der Waals surface area contributed by atoms with Gasteiger partial charge in [0, 0.05) is 24.4 Å². The molecule has 1 amide bonds. The number of carboxylic acids is 1. The van der Waals surface area contributed by atoms with Crippen LogP contribution in [0.1, 0.15) is 53.4 Å². The van der Waals surface area contributed by atoms with E-state index in [0.29, 0.717) is 18.8 Å². The van der Waals surface area contributed by atoms with Gasteiger partial charge < -0.3 is 14.9 Å². The van der Waals surface area contributed by atoms with Crippen molar-refractivity contribution in [3.05, 3.63) is 53.4 Å². The van der Waals surface area contributed by atoms with E-state index in [2.05, 4.69) is 10.5 Å². The fraction of sp³-hybridized carbons (Fsp3) is 0.389. The molecular formula is C18H20N2O4. The lowest BCUT2D eigenvalue weighted by atomic mass is 10.0. The lowest BCUT2D eigenvalue weighted by Crippen LogP contribution is -2.37. The SMILES string of the molecule is O=C(O)CCC(Cc1ccccc1)NC(=O)c1cc(C2CC2)on1. The predicted molar refractivity (Wildman–Crippen MR) is 86.7 cm³/mol. The van der Waals surface area contributed by atoms with Gasteiger partial charge in [-0.2, -0.15) is 0 Å². The number of aromatic nitrogens is 1. The Hall–Kier alpha value is -2.63. The van der Waals surface area contributed by atoms with Crippen molar-refractivity contribution in [1.29, 1.82) is 0 Å². The Balaban J connectivity index is 1.64. The van der Waals surface area contributed by atoms with Gasteiger partial charge in [0.15, 0.2) is 5.69 Å². The zero-order valence-corrected chi connectivity index (χ0v) is 13.3. The van der Waals surface area contributed by atoms with Gasteiger partial charge in [-0.1, -0.05) is 35.5 Å². The number of hydrogen-bond donors (Lipinski definition) is 2. The van der Waals surface area contributed by atoms with E-state index in [1.54, 1.807) is 6.07 Å². The third kappa shape index (κ3) is 4.44. The maximum atomic E-state index is 12.4. The van der Waals surface area contributed by atoms with Gasteiger partial charge in [0.2, 0.25) is 0 Å². The molecule has 0 spiro atoms. The summed E-state index contributed by atoms with van der Waals surface area (Å²) in [6.07, 6.45) is 3.09. The number of benzene rings is 1. The number of amides is 1. The number of nitrogens with zero attached hydrogens (tertiary/aromatic N) is 1. The molecule has 1 aromatic carbocycles. The van der Waals surface area contributed by atoms with Gasteiger partial charge in [-0.3, -0.25) is 9.59 Å². The Kier molecular flexibility index (Phi) is 4.93. The van der Waals surface area contributed by atoms with Crippen LogP contribution in [0.5, 0.6) is 0 Å². The number of rotatable bonds is 8. The van der Waals surface area contributed by atoms with E-state index in [1.165, 1.54) is 0 Å². The third-order valence-electron chi connectivity index (χ3n) is 4.11. The zero-order valence-electron chi connectivity index (χ0n) is 13.3. The molecule has 1 heterocycles. The number of carbonyl (C=O) groups excluding carboxylic acids is 1. The molecule has 0 radical (unpaired) electrons. The fourth-order valence-electron chi connectivity index (χ4n) is 2.64. The van der Waals surface area contributed by atoms with Crippen molar-refractivity contribution in [1.82, 2.24) is 10.5 Å². The van der Waals surface area contributed by atoms with Crippen LogP contribution in [-0.4, -0.2) is 28.2 Å². The highest BCUT2D eigenvalue weighted by Crippen LogP contribution is 2.40. The van der Waals surface area contributed by atoms with Crippen LogP contribution in [0.25, 0.3) is 0 Å². The summed E-state index contributed by atoms with van der Waals surface area (Å²) >= 11 is 0. The minimum atomic E-state index is -0.875. The first kappa shape index (κ1) is 16.2. The summed E-state index contributed by atoms with van der Waals surface area (Å²) in [7, 11) is 0. The maximum Gasteiger partial charge on any atom is 0.303 e. The molecule has 126 valence electrons. The van der Waals surface area contributed by atoms with E-state index in [9.17, 15) is 9.59 Å². The predicted octanol–water partition coefficient (Wildman–Crippen LogP) is 2.76. The first-order chi connectivity index (χ1) is 11.6. The number of nitrogens with one attached hydrogen (secondary N) is 1. The third-order valence-corrected chi connectivity index (χ3v) is 4.11. The average molecular weight is 328 g/mol. The molecule has 24 heavy (non-hydrogen) atoms. The number of hydrogen-bond acceptors (Lipinski definition) is 4. The molecule has 0 aliphatic heterocycles. The molecule has 0 bridgehead atoms. The molecular weight excluding hydrogens is 308 g/mol. The Bertz CT molecular complexity index is 707. The van der Waals surface area contributed by atoms with Gasteiger partial charge in [-0.25, -0.2) is 0 Å². The Morgan fingerprint density at radius 3 is 2.71 bits per heavy atom. The van der Waals surface area contributed by atoms with Crippen LogP contribution in [0.15, 0.2) is 40.9 Å². The Labute approximate surface area is 139 Å². The fourth-order valence-corrected chi connectivity index (χ4v) is 2.64. The molecule has 1 aromatic heterocycles. The Morgan fingerprint density at radius 1 is 1.29 bits per heavy atom. The largest absolute Gasteiger partial charge is 0.481 e. The second kappa shape index (κ2) is 7.29. The number of carboxylic acid groups (broad SMARTS) is 1. The van der Waals surface area contributed by atoms with Crippen LogP contribution in [-0.2, 0) is 11.2 Å². The number of aliphatic carboxylic acids is 1. The smallest absolute Gasteiger partial charge is 0.303 e.